The second-order valence-corrected chi connectivity index (χ2v) is 4.88. The molecule has 2 N–H and O–H groups in total. The summed E-state index contributed by atoms with van der Waals surface area (Å²) in [7, 11) is 0. The van der Waals surface area contributed by atoms with Gasteiger partial charge in [-0.3, -0.25) is 0 Å². The number of ether oxygens (including phenoxy) is 1. The van der Waals surface area contributed by atoms with Crippen LogP contribution in [0.3, 0.4) is 0 Å². The Kier molecular flexibility index (Phi) is 7.65. The molecule has 0 aliphatic heterocycles. The number of hydrogen-bond donors (Lipinski definition) is 2. The Morgan fingerprint density at radius 3 is 2.50 bits per heavy atom. The largest absolute Gasteiger partial charge is 0.394 e. The molecule has 0 spiro atoms. The van der Waals surface area contributed by atoms with Crippen molar-refractivity contribution in [3.63, 3.8) is 0 Å². The minimum absolute atomic E-state index is 0.0914. The van der Waals surface area contributed by atoms with Crippen molar-refractivity contribution in [2.45, 2.75) is 26.3 Å². The van der Waals surface area contributed by atoms with Gasteiger partial charge in [-0.05, 0) is 17.9 Å². The summed E-state index contributed by atoms with van der Waals surface area (Å²) < 4.78 is 5.26. The van der Waals surface area contributed by atoms with E-state index in [1.54, 1.807) is 0 Å². The number of aliphatic hydroxyl groups excluding tert-OH is 1. The van der Waals surface area contributed by atoms with Crippen molar-refractivity contribution in [2.24, 2.45) is 5.92 Å². The number of hydrogen-bond acceptors (Lipinski definition) is 3. The molecule has 3 nitrogen and oxygen atoms in total. The highest BCUT2D eigenvalue weighted by molar-refractivity contribution is 5.18. The van der Waals surface area contributed by atoms with Gasteiger partial charge in [0.05, 0.1) is 19.8 Å². The lowest BCUT2D eigenvalue weighted by molar-refractivity contribution is 0.0921. The Morgan fingerprint density at radius 1 is 1.17 bits per heavy atom. The molecule has 102 valence electrons. The van der Waals surface area contributed by atoms with Crippen LogP contribution in [0.1, 0.15) is 31.9 Å². The van der Waals surface area contributed by atoms with Crippen LogP contribution < -0.4 is 5.32 Å². The second kappa shape index (κ2) is 9.09. The molecule has 0 radical (unpaired) electrons. The fourth-order valence-electron chi connectivity index (χ4n) is 1.97. The van der Waals surface area contributed by atoms with Gasteiger partial charge in [0.2, 0.25) is 0 Å². The molecule has 0 bridgehead atoms. The maximum Gasteiger partial charge on any atom is 0.0698 e. The molecule has 0 amide bonds. The van der Waals surface area contributed by atoms with Gasteiger partial charge >= 0.3 is 0 Å². The topological polar surface area (TPSA) is 41.5 Å². The van der Waals surface area contributed by atoms with Gasteiger partial charge in [0.1, 0.15) is 0 Å². The first-order valence-corrected chi connectivity index (χ1v) is 6.71. The summed E-state index contributed by atoms with van der Waals surface area (Å²) in [4.78, 5) is 0. The number of benzene rings is 1. The van der Waals surface area contributed by atoms with Gasteiger partial charge in [0, 0.05) is 12.6 Å². The first-order chi connectivity index (χ1) is 8.74. The maximum atomic E-state index is 8.63. The van der Waals surface area contributed by atoms with E-state index in [9.17, 15) is 0 Å². The SMILES string of the molecule is CC(C)CC(NCCOCCO)c1ccccc1. The van der Waals surface area contributed by atoms with Crippen molar-refractivity contribution in [1.29, 1.82) is 0 Å². The molecule has 1 aromatic rings. The van der Waals surface area contributed by atoms with Crippen molar-refractivity contribution < 1.29 is 9.84 Å². The lowest BCUT2D eigenvalue weighted by Gasteiger charge is -2.21. The zero-order chi connectivity index (χ0) is 13.2. The van der Waals surface area contributed by atoms with Crippen LogP contribution in [0.4, 0.5) is 0 Å². The van der Waals surface area contributed by atoms with Crippen LogP contribution in [0.15, 0.2) is 30.3 Å². The van der Waals surface area contributed by atoms with Crippen LogP contribution in [0.5, 0.6) is 0 Å². The van der Waals surface area contributed by atoms with Gasteiger partial charge in [0.25, 0.3) is 0 Å². The standard InChI is InChI=1S/C15H25NO2/c1-13(2)12-15(14-6-4-3-5-7-14)16-8-10-18-11-9-17/h3-7,13,15-17H,8-12H2,1-2H3. The minimum Gasteiger partial charge on any atom is -0.394 e. The maximum absolute atomic E-state index is 8.63. The average molecular weight is 251 g/mol. The molecular weight excluding hydrogens is 226 g/mol. The van der Waals surface area contributed by atoms with E-state index in [1.807, 2.05) is 6.07 Å². The van der Waals surface area contributed by atoms with Crippen molar-refractivity contribution >= 4 is 0 Å². The van der Waals surface area contributed by atoms with E-state index < -0.39 is 0 Å². The van der Waals surface area contributed by atoms with Crippen LogP contribution >= 0.6 is 0 Å². The number of aliphatic hydroxyl groups is 1. The first-order valence-electron chi connectivity index (χ1n) is 6.71. The molecule has 0 aromatic heterocycles. The summed E-state index contributed by atoms with van der Waals surface area (Å²) in [6, 6.07) is 10.9. The molecule has 3 heteroatoms. The molecule has 1 rings (SSSR count). The fraction of sp³-hybridized carbons (Fsp3) is 0.600. The van der Waals surface area contributed by atoms with E-state index in [2.05, 4.69) is 43.4 Å². The molecule has 1 aromatic carbocycles. The molecule has 1 atom stereocenters. The highest BCUT2D eigenvalue weighted by Crippen LogP contribution is 2.20. The molecule has 0 aliphatic carbocycles. The van der Waals surface area contributed by atoms with Crippen molar-refractivity contribution in [3.05, 3.63) is 35.9 Å². The molecule has 0 heterocycles. The van der Waals surface area contributed by atoms with Crippen LogP contribution in [0.25, 0.3) is 0 Å². The zero-order valence-electron chi connectivity index (χ0n) is 11.4. The zero-order valence-corrected chi connectivity index (χ0v) is 11.4. The van der Waals surface area contributed by atoms with E-state index >= 15 is 0 Å². The molecule has 0 saturated carbocycles. The van der Waals surface area contributed by atoms with Gasteiger partial charge in [-0.15, -0.1) is 0 Å². The predicted octanol–water partition coefficient (Wildman–Crippen LogP) is 2.37. The van der Waals surface area contributed by atoms with Gasteiger partial charge in [0.15, 0.2) is 0 Å². The highest BCUT2D eigenvalue weighted by atomic mass is 16.5. The van der Waals surface area contributed by atoms with Crippen LogP contribution in [-0.2, 0) is 4.74 Å². The molecule has 1 unspecified atom stereocenters. The lowest BCUT2D eigenvalue weighted by atomic mass is 9.97. The minimum atomic E-state index is 0.0914. The summed E-state index contributed by atoms with van der Waals surface area (Å²) >= 11 is 0. The monoisotopic (exact) mass is 251 g/mol. The van der Waals surface area contributed by atoms with E-state index in [1.165, 1.54) is 5.56 Å². The van der Waals surface area contributed by atoms with Gasteiger partial charge in [-0.1, -0.05) is 44.2 Å². The Hall–Kier alpha value is -0.900. The Balaban J connectivity index is 2.41. The molecular formula is C15H25NO2. The number of rotatable bonds is 9. The van der Waals surface area contributed by atoms with E-state index in [0.717, 1.165) is 13.0 Å². The Labute approximate surface area is 110 Å². The second-order valence-electron chi connectivity index (χ2n) is 4.88. The first kappa shape index (κ1) is 15.2. The summed E-state index contributed by atoms with van der Waals surface area (Å²) in [5.41, 5.74) is 1.33. The van der Waals surface area contributed by atoms with E-state index in [4.69, 9.17) is 9.84 Å². The summed E-state index contributed by atoms with van der Waals surface area (Å²) in [5.74, 6) is 0.654. The summed E-state index contributed by atoms with van der Waals surface area (Å²) in [6.45, 7) is 6.43. The van der Waals surface area contributed by atoms with Crippen LogP contribution in [0, 0.1) is 5.92 Å². The third kappa shape index (κ3) is 6.15. The summed E-state index contributed by atoms with van der Waals surface area (Å²) in [5, 5.41) is 12.1. The van der Waals surface area contributed by atoms with Crippen LogP contribution in [-0.4, -0.2) is 31.5 Å². The fourth-order valence-corrected chi connectivity index (χ4v) is 1.97. The molecule has 18 heavy (non-hydrogen) atoms. The highest BCUT2D eigenvalue weighted by Gasteiger charge is 2.11. The van der Waals surface area contributed by atoms with Crippen LogP contribution in [0.2, 0.25) is 0 Å². The normalized spacial score (nSPS) is 12.9. The van der Waals surface area contributed by atoms with Gasteiger partial charge in [-0.25, -0.2) is 0 Å². The molecule has 0 aliphatic rings. The molecule has 0 saturated heterocycles. The third-order valence-electron chi connectivity index (χ3n) is 2.78. The third-order valence-corrected chi connectivity index (χ3v) is 2.78. The van der Waals surface area contributed by atoms with E-state index in [-0.39, 0.29) is 6.61 Å². The van der Waals surface area contributed by atoms with Gasteiger partial charge < -0.3 is 15.2 Å². The van der Waals surface area contributed by atoms with Crippen molar-refractivity contribution in [1.82, 2.24) is 5.32 Å². The quantitative estimate of drug-likeness (QED) is 0.662. The Morgan fingerprint density at radius 2 is 1.89 bits per heavy atom. The molecule has 0 fully saturated rings. The number of nitrogens with one attached hydrogen (secondary N) is 1. The predicted molar refractivity (Wildman–Crippen MR) is 74.5 cm³/mol. The van der Waals surface area contributed by atoms with Crippen molar-refractivity contribution in [3.8, 4) is 0 Å². The van der Waals surface area contributed by atoms with Gasteiger partial charge in [-0.2, -0.15) is 0 Å². The Bertz CT molecular complexity index is 301. The summed E-state index contributed by atoms with van der Waals surface area (Å²) in [6.07, 6.45) is 1.12. The van der Waals surface area contributed by atoms with E-state index in [0.29, 0.717) is 25.2 Å². The lowest BCUT2D eigenvalue weighted by Crippen LogP contribution is -2.26. The smallest absolute Gasteiger partial charge is 0.0698 e. The average Bonchev–Trinajstić information content (AvgIpc) is 2.38. The van der Waals surface area contributed by atoms with Crippen molar-refractivity contribution in [2.75, 3.05) is 26.4 Å².